The van der Waals surface area contributed by atoms with Crippen molar-refractivity contribution < 1.29 is 24.6 Å². The second-order valence-electron chi connectivity index (χ2n) is 7.80. The van der Waals surface area contributed by atoms with Crippen molar-refractivity contribution >= 4 is 41.0 Å². The Bertz CT molecular complexity index is 1160. The summed E-state index contributed by atoms with van der Waals surface area (Å²) in [4.78, 5) is 52.3. The van der Waals surface area contributed by atoms with Crippen LogP contribution in [0.1, 0.15) is 23.2 Å². The maximum atomic E-state index is 12.4. The number of carboxylic acids is 2. The second kappa shape index (κ2) is 8.68. The standard InChI is InChI=1S/C20H23N7O6/c21-20-25-18(31)15-16-23-8-12(26(15)9-27(16)20)7-22-11-3-1-10(2-4-11)17(30)24-13(19(32)33)5-6-14(28)29/h1-4,12-13,22-23H,5-9H2,(H,24,30)(H,28,29)(H,32,33)(H2,21,25,31)/t12?,13-/m0/s1. The van der Waals surface area contributed by atoms with Crippen molar-refractivity contribution in [1.29, 1.82) is 0 Å². The van der Waals surface area contributed by atoms with Gasteiger partial charge in [0.25, 0.3) is 11.5 Å². The van der Waals surface area contributed by atoms with Gasteiger partial charge in [-0.15, -0.1) is 0 Å². The molecule has 7 N–H and O–H groups in total. The summed E-state index contributed by atoms with van der Waals surface area (Å²) in [6.45, 7) is 1.56. The van der Waals surface area contributed by atoms with Gasteiger partial charge in [-0.25, -0.2) is 4.79 Å². The predicted octanol–water partition coefficient (Wildman–Crippen LogP) is -0.443. The number of carbonyl (C=O) groups is 3. The fraction of sp³-hybridized carbons (Fsp3) is 0.350. The van der Waals surface area contributed by atoms with E-state index in [4.69, 9.17) is 10.8 Å². The Morgan fingerprint density at radius 1 is 1.24 bits per heavy atom. The molecule has 2 aliphatic rings. The minimum absolute atomic E-state index is 0.0349. The highest BCUT2D eigenvalue weighted by atomic mass is 16.4. The van der Waals surface area contributed by atoms with Crippen LogP contribution >= 0.6 is 0 Å². The second-order valence-corrected chi connectivity index (χ2v) is 7.80. The fourth-order valence-electron chi connectivity index (χ4n) is 3.91. The Kier molecular flexibility index (Phi) is 5.77. The zero-order valence-electron chi connectivity index (χ0n) is 17.4. The highest BCUT2D eigenvalue weighted by molar-refractivity contribution is 5.97. The molecule has 0 saturated carbocycles. The molecule has 174 valence electrons. The Labute approximate surface area is 187 Å². The van der Waals surface area contributed by atoms with Crippen LogP contribution in [0.3, 0.4) is 0 Å². The molecule has 0 aliphatic carbocycles. The molecule has 1 aromatic carbocycles. The first kappa shape index (κ1) is 21.9. The van der Waals surface area contributed by atoms with Crippen molar-refractivity contribution in [3.63, 3.8) is 0 Å². The molecule has 13 heteroatoms. The zero-order chi connectivity index (χ0) is 23.7. The summed E-state index contributed by atoms with van der Waals surface area (Å²) >= 11 is 0. The van der Waals surface area contributed by atoms with E-state index in [1.807, 2.05) is 4.90 Å². The molecule has 33 heavy (non-hydrogen) atoms. The summed E-state index contributed by atoms with van der Waals surface area (Å²) in [7, 11) is 0. The molecular formula is C20H23N7O6. The molecule has 1 aromatic heterocycles. The Morgan fingerprint density at radius 3 is 2.64 bits per heavy atom. The molecule has 0 saturated heterocycles. The van der Waals surface area contributed by atoms with E-state index >= 15 is 0 Å². The van der Waals surface area contributed by atoms with Crippen molar-refractivity contribution in [3.05, 3.63) is 40.2 Å². The number of aromatic nitrogens is 2. The minimum atomic E-state index is -1.30. The summed E-state index contributed by atoms with van der Waals surface area (Å²) in [6.07, 6.45) is -0.579. The average molecular weight is 457 g/mol. The lowest BCUT2D eigenvalue weighted by Crippen LogP contribution is -2.46. The van der Waals surface area contributed by atoms with Crippen LogP contribution in [0.4, 0.5) is 23.1 Å². The van der Waals surface area contributed by atoms with Gasteiger partial charge < -0.3 is 36.8 Å². The van der Waals surface area contributed by atoms with Crippen LogP contribution in [-0.2, 0) is 16.3 Å². The van der Waals surface area contributed by atoms with Crippen LogP contribution in [0.15, 0.2) is 29.1 Å². The first-order chi connectivity index (χ1) is 15.7. The molecule has 0 radical (unpaired) electrons. The summed E-state index contributed by atoms with van der Waals surface area (Å²) in [5.41, 5.74) is 6.95. The van der Waals surface area contributed by atoms with Crippen LogP contribution in [0.2, 0.25) is 0 Å². The summed E-state index contributed by atoms with van der Waals surface area (Å²) < 4.78 is 1.75. The maximum absolute atomic E-state index is 12.4. The smallest absolute Gasteiger partial charge is 0.326 e. The fourth-order valence-corrected chi connectivity index (χ4v) is 3.91. The monoisotopic (exact) mass is 457 g/mol. The van der Waals surface area contributed by atoms with Crippen molar-refractivity contribution in [2.45, 2.75) is 31.6 Å². The molecule has 0 spiro atoms. The normalized spacial score (nSPS) is 16.6. The van der Waals surface area contributed by atoms with Crippen LogP contribution < -0.4 is 32.1 Å². The van der Waals surface area contributed by atoms with E-state index in [9.17, 15) is 24.3 Å². The van der Waals surface area contributed by atoms with E-state index in [1.165, 1.54) is 0 Å². The molecule has 13 nitrogen and oxygen atoms in total. The molecule has 4 bridgehead atoms. The van der Waals surface area contributed by atoms with Crippen LogP contribution in [0.5, 0.6) is 0 Å². The summed E-state index contributed by atoms with van der Waals surface area (Å²) in [5.74, 6) is -2.19. The molecule has 2 aromatic rings. The number of nitrogens with zero attached hydrogens (tertiary/aromatic N) is 3. The van der Waals surface area contributed by atoms with Crippen molar-refractivity contribution in [2.75, 3.05) is 34.4 Å². The Morgan fingerprint density at radius 2 is 1.97 bits per heavy atom. The number of amides is 1. The number of hydrogen-bond acceptors (Lipinski definition) is 9. The Balaban J connectivity index is 1.35. The number of aliphatic carboxylic acids is 2. The van der Waals surface area contributed by atoms with Crippen molar-refractivity contribution in [3.8, 4) is 0 Å². The van der Waals surface area contributed by atoms with Gasteiger partial charge in [0.05, 0.1) is 6.04 Å². The van der Waals surface area contributed by atoms with E-state index in [1.54, 1.807) is 28.8 Å². The average Bonchev–Trinajstić information content (AvgIpc) is 2.98. The summed E-state index contributed by atoms with van der Waals surface area (Å²) in [5, 5.41) is 26.7. The molecule has 2 aliphatic heterocycles. The first-order valence-corrected chi connectivity index (χ1v) is 10.2. The van der Waals surface area contributed by atoms with Crippen LogP contribution in [0, 0.1) is 0 Å². The SMILES string of the molecule is Nc1nc(=O)c2c3n1CN2C(CNc1ccc(C(=O)N[C@@H](CCC(=O)O)C(=O)O)cc1)CN3. The Hall–Kier alpha value is -4.29. The number of carbonyl (C=O) groups excluding carboxylic acids is 1. The van der Waals surface area contributed by atoms with Gasteiger partial charge in [0.15, 0.2) is 0 Å². The third-order valence-corrected chi connectivity index (χ3v) is 5.66. The highest BCUT2D eigenvalue weighted by Gasteiger charge is 2.37. The quantitative estimate of drug-likeness (QED) is 0.286. The molecule has 1 unspecified atom stereocenters. The van der Waals surface area contributed by atoms with Gasteiger partial charge in [-0.05, 0) is 30.7 Å². The summed E-state index contributed by atoms with van der Waals surface area (Å²) in [6, 6.07) is 5.12. The minimum Gasteiger partial charge on any atom is -0.481 e. The van der Waals surface area contributed by atoms with Gasteiger partial charge in [0.2, 0.25) is 5.95 Å². The van der Waals surface area contributed by atoms with E-state index in [2.05, 4.69) is 20.9 Å². The highest BCUT2D eigenvalue weighted by Crippen LogP contribution is 2.35. The number of rotatable bonds is 9. The lowest BCUT2D eigenvalue weighted by molar-refractivity contribution is -0.140. The molecule has 4 rings (SSSR count). The van der Waals surface area contributed by atoms with Gasteiger partial charge in [-0.1, -0.05) is 0 Å². The van der Waals surface area contributed by atoms with Gasteiger partial charge in [-0.2, -0.15) is 4.98 Å². The molecule has 2 atom stereocenters. The van der Waals surface area contributed by atoms with Gasteiger partial charge >= 0.3 is 11.9 Å². The number of nitrogen functional groups attached to an aromatic ring is 1. The largest absolute Gasteiger partial charge is 0.481 e. The van der Waals surface area contributed by atoms with E-state index in [0.717, 1.165) is 5.69 Å². The van der Waals surface area contributed by atoms with Gasteiger partial charge in [0, 0.05) is 30.8 Å². The number of anilines is 4. The predicted molar refractivity (Wildman–Crippen MR) is 118 cm³/mol. The zero-order valence-corrected chi connectivity index (χ0v) is 17.4. The van der Waals surface area contributed by atoms with E-state index in [0.29, 0.717) is 31.3 Å². The number of nitrogens with one attached hydrogen (secondary N) is 3. The van der Waals surface area contributed by atoms with Gasteiger partial charge in [-0.3, -0.25) is 19.0 Å². The lowest BCUT2D eigenvalue weighted by atomic mass is 10.1. The molecule has 0 fully saturated rings. The lowest BCUT2D eigenvalue weighted by Gasteiger charge is -2.31. The molecular weight excluding hydrogens is 434 g/mol. The number of nitrogens with two attached hydrogens (primary N) is 1. The van der Waals surface area contributed by atoms with Crippen molar-refractivity contribution in [2.24, 2.45) is 0 Å². The first-order valence-electron chi connectivity index (χ1n) is 10.2. The molecule has 3 heterocycles. The number of carboxylic acid groups (broad SMARTS) is 2. The maximum Gasteiger partial charge on any atom is 0.326 e. The third-order valence-electron chi connectivity index (χ3n) is 5.66. The van der Waals surface area contributed by atoms with E-state index < -0.39 is 23.9 Å². The van der Waals surface area contributed by atoms with Gasteiger partial charge in [0.1, 0.15) is 24.2 Å². The topological polar surface area (TPSA) is 192 Å². The number of hydrogen-bond donors (Lipinski definition) is 6. The third kappa shape index (κ3) is 4.37. The van der Waals surface area contributed by atoms with Crippen LogP contribution in [0.25, 0.3) is 0 Å². The van der Waals surface area contributed by atoms with Crippen molar-refractivity contribution in [1.82, 2.24) is 14.9 Å². The molecule has 1 amide bonds. The number of benzene rings is 1. The van der Waals surface area contributed by atoms with Crippen LogP contribution in [-0.4, -0.2) is 62.8 Å². The van der Waals surface area contributed by atoms with E-state index in [-0.39, 0.29) is 36.0 Å².